The highest BCUT2D eigenvalue weighted by atomic mass is 32.2. The van der Waals surface area contributed by atoms with Gasteiger partial charge in [0.2, 0.25) is 23.6 Å². The summed E-state index contributed by atoms with van der Waals surface area (Å²) in [5.41, 5.74) is 6.93. The second-order valence-electron chi connectivity index (χ2n) is 10.2. The lowest BCUT2D eigenvalue weighted by molar-refractivity contribution is -0.142. The first-order chi connectivity index (χ1) is 18.3. The minimum absolute atomic E-state index is 0.0331. The summed E-state index contributed by atoms with van der Waals surface area (Å²) in [6.45, 7) is 6.83. The van der Waals surface area contributed by atoms with Crippen molar-refractivity contribution < 1.29 is 29.1 Å². The summed E-state index contributed by atoms with van der Waals surface area (Å²) >= 11 is 1.47. The molecule has 4 atom stereocenters. The second-order valence-corrected chi connectivity index (χ2v) is 11.2. The molecule has 39 heavy (non-hydrogen) atoms. The fourth-order valence-corrected chi connectivity index (χ4v) is 4.22. The highest BCUT2D eigenvalue weighted by Crippen LogP contribution is 2.08. The third-order valence-electron chi connectivity index (χ3n) is 5.89. The number of nitrogens with two attached hydrogens (primary N) is 1. The number of carbonyl (C=O) groups is 5. The van der Waals surface area contributed by atoms with Gasteiger partial charge in [-0.05, 0) is 48.7 Å². The smallest absolute Gasteiger partial charge is 0.326 e. The van der Waals surface area contributed by atoms with E-state index in [4.69, 9.17) is 5.73 Å². The lowest BCUT2D eigenvalue weighted by Crippen LogP contribution is -2.56. The number of nitrogens with one attached hydrogen (secondary N) is 4. The van der Waals surface area contributed by atoms with E-state index in [9.17, 15) is 29.1 Å². The molecule has 4 unspecified atom stereocenters. The van der Waals surface area contributed by atoms with Crippen LogP contribution in [0.4, 0.5) is 0 Å². The average molecular weight is 566 g/mol. The zero-order valence-corrected chi connectivity index (χ0v) is 24.2. The van der Waals surface area contributed by atoms with E-state index in [0.717, 1.165) is 5.56 Å². The molecule has 1 aromatic rings. The number of rotatable bonds is 17. The van der Waals surface area contributed by atoms with Crippen LogP contribution >= 0.6 is 11.8 Å². The van der Waals surface area contributed by atoms with Gasteiger partial charge in [0.05, 0.1) is 12.6 Å². The fraction of sp³-hybridized carbons (Fsp3) is 0.593. The van der Waals surface area contributed by atoms with Crippen molar-refractivity contribution in [2.75, 3.05) is 18.6 Å². The number of carboxylic acid groups (broad SMARTS) is 1. The van der Waals surface area contributed by atoms with E-state index in [1.807, 2.05) is 50.4 Å². The number of amides is 4. The Morgan fingerprint density at radius 3 is 2.08 bits per heavy atom. The van der Waals surface area contributed by atoms with Gasteiger partial charge >= 0.3 is 5.97 Å². The van der Waals surface area contributed by atoms with E-state index >= 15 is 0 Å². The Hall–Kier alpha value is -3.12. The molecule has 11 nitrogen and oxygen atoms in total. The fourth-order valence-electron chi connectivity index (χ4n) is 3.75. The van der Waals surface area contributed by atoms with Crippen molar-refractivity contribution >= 4 is 41.4 Å². The molecule has 0 aromatic heterocycles. The third-order valence-corrected chi connectivity index (χ3v) is 6.53. The highest BCUT2D eigenvalue weighted by Gasteiger charge is 2.29. The van der Waals surface area contributed by atoms with Crippen molar-refractivity contribution in [3.8, 4) is 0 Å². The largest absolute Gasteiger partial charge is 0.480 e. The van der Waals surface area contributed by atoms with Crippen molar-refractivity contribution in [2.24, 2.45) is 17.6 Å². The number of carbonyl (C=O) groups excluding carboxylic acids is 4. The van der Waals surface area contributed by atoms with Crippen LogP contribution in [0.5, 0.6) is 0 Å². The molecular weight excluding hydrogens is 522 g/mol. The van der Waals surface area contributed by atoms with Crippen LogP contribution in [0.25, 0.3) is 0 Å². The molecule has 0 bridgehead atoms. The Morgan fingerprint density at radius 2 is 1.54 bits per heavy atom. The van der Waals surface area contributed by atoms with E-state index in [1.165, 1.54) is 11.8 Å². The minimum Gasteiger partial charge on any atom is -0.480 e. The summed E-state index contributed by atoms with van der Waals surface area (Å²) in [5.74, 6) is -3.11. The molecule has 0 radical (unpaired) electrons. The van der Waals surface area contributed by atoms with Crippen LogP contribution in [0, 0.1) is 11.8 Å². The van der Waals surface area contributed by atoms with Crippen LogP contribution < -0.4 is 27.0 Å². The number of hydrogen-bond donors (Lipinski definition) is 6. The van der Waals surface area contributed by atoms with Crippen LogP contribution in [0.15, 0.2) is 30.3 Å². The third kappa shape index (κ3) is 13.0. The number of hydrogen-bond acceptors (Lipinski definition) is 7. The number of aliphatic carboxylic acids is 1. The predicted molar refractivity (Wildman–Crippen MR) is 152 cm³/mol. The standard InChI is InChI=1S/C27H43N5O6S/c1-16(2)13-21(25(35)31-20(27(37)38)11-12-39-5)30-22(33)15-29-26(36)23(17(3)4)32-24(34)19(28)14-18-9-7-6-8-10-18/h6-10,16-17,19-21,23H,11-15,28H2,1-5H3,(H,29,36)(H,30,33)(H,31,35)(H,32,34)(H,37,38). The van der Waals surface area contributed by atoms with Gasteiger partial charge in [0, 0.05) is 0 Å². The minimum atomic E-state index is -1.15. The van der Waals surface area contributed by atoms with E-state index in [0.29, 0.717) is 12.2 Å². The van der Waals surface area contributed by atoms with Crippen molar-refractivity contribution in [3.05, 3.63) is 35.9 Å². The highest BCUT2D eigenvalue weighted by molar-refractivity contribution is 7.98. The molecule has 0 saturated heterocycles. The predicted octanol–water partition coefficient (Wildman–Crippen LogP) is 0.667. The van der Waals surface area contributed by atoms with E-state index < -0.39 is 60.3 Å². The Labute approximate surface area is 234 Å². The molecule has 1 rings (SSSR count). The molecule has 218 valence electrons. The first-order valence-electron chi connectivity index (χ1n) is 13.0. The van der Waals surface area contributed by atoms with Gasteiger partial charge in [0.1, 0.15) is 18.1 Å². The molecule has 7 N–H and O–H groups in total. The lowest BCUT2D eigenvalue weighted by Gasteiger charge is -2.24. The van der Waals surface area contributed by atoms with Crippen LogP contribution in [0.3, 0.4) is 0 Å². The van der Waals surface area contributed by atoms with Crippen molar-refractivity contribution in [3.63, 3.8) is 0 Å². The molecule has 1 aromatic carbocycles. The summed E-state index contributed by atoms with van der Waals surface area (Å²) in [6.07, 6.45) is 2.67. The van der Waals surface area contributed by atoms with Gasteiger partial charge in [-0.1, -0.05) is 58.0 Å². The van der Waals surface area contributed by atoms with E-state index in [2.05, 4.69) is 21.3 Å². The summed E-state index contributed by atoms with van der Waals surface area (Å²) in [7, 11) is 0. The lowest BCUT2D eigenvalue weighted by atomic mass is 10.0. The zero-order valence-electron chi connectivity index (χ0n) is 23.4. The van der Waals surface area contributed by atoms with Gasteiger partial charge in [0.15, 0.2) is 0 Å². The van der Waals surface area contributed by atoms with Gasteiger partial charge < -0.3 is 32.1 Å². The molecule has 0 aliphatic carbocycles. The van der Waals surface area contributed by atoms with Crippen molar-refractivity contribution in [2.45, 2.75) is 71.1 Å². The molecule has 0 aliphatic heterocycles. The molecular formula is C27H43N5O6S. The SMILES string of the molecule is CSCCC(NC(=O)C(CC(C)C)NC(=O)CNC(=O)C(NC(=O)C(N)Cc1ccccc1)C(C)C)C(=O)O. The molecule has 0 fully saturated rings. The quantitative estimate of drug-likeness (QED) is 0.159. The number of benzene rings is 1. The number of thioether (sulfide) groups is 1. The summed E-state index contributed by atoms with van der Waals surface area (Å²) in [6, 6.07) is 5.46. The van der Waals surface area contributed by atoms with Gasteiger partial charge in [-0.3, -0.25) is 19.2 Å². The maximum Gasteiger partial charge on any atom is 0.326 e. The summed E-state index contributed by atoms with van der Waals surface area (Å²) in [5, 5.41) is 19.7. The Bertz CT molecular complexity index is 959. The monoisotopic (exact) mass is 565 g/mol. The molecule has 12 heteroatoms. The number of carboxylic acids is 1. The zero-order chi connectivity index (χ0) is 29.5. The summed E-state index contributed by atoms with van der Waals surface area (Å²) < 4.78 is 0. The first kappa shape index (κ1) is 33.9. The van der Waals surface area contributed by atoms with Gasteiger partial charge in [-0.15, -0.1) is 0 Å². The maximum atomic E-state index is 12.8. The van der Waals surface area contributed by atoms with Gasteiger partial charge in [-0.25, -0.2) is 4.79 Å². The average Bonchev–Trinajstić information content (AvgIpc) is 2.87. The van der Waals surface area contributed by atoms with Gasteiger partial charge in [-0.2, -0.15) is 11.8 Å². The summed E-state index contributed by atoms with van der Waals surface area (Å²) in [4.78, 5) is 62.4. The van der Waals surface area contributed by atoms with Gasteiger partial charge in [0.25, 0.3) is 0 Å². The Balaban J connectivity index is 2.73. The Morgan fingerprint density at radius 1 is 0.897 bits per heavy atom. The maximum absolute atomic E-state index is 12.8. The second kappa shape index (κ2) is 17.5. The topological polar surface area (TPSA) is 180 Å². The molecule has 0 spiro atoms. The first-order valence-corrected chi connectivity index (χ1v) is 14.4. The molecule has 4 amide bonds. The van der Waals surface area contributed by atoms with Crippen LogP contribution in [0.1, 0.15) is 46.1 Å². The van der Waals surface area contributed by atoms with E-state index in [1.54, 1.807) is 13.8 Å². The van der Waals surface area contributed by atoms with Crippen molar-refractivity contribution in [1.82, 2.24) is 21.3 Å². The van der Waals surface area contributed by atoms with Crippen LogP contribution in [0.2, 0.25) is 0 Å². The molecule has 0 aliphatic rings. The van der Waals surface area contributed by atoms with E-state index in [-0.39, 0.29) is 24.7 Å². The normalized spacial score (nSPS) is 14.2. The van der Waals surface area contributed by atoms with Crippen molar-refractivity contribution in [1.29, 1.82) is 0 Å². The molecule has 0 saturated carbocycles. The van der Waals surface area contributed by atoms with Crippen LogP contribution in [-0.2, 0) is 30.4 Å². The van der Waals surface area contributed by atoms with Crippen LogP contribution in [-0.4, -0.2) is 77.4 Å². The Kier molecular flexibility index (Phi) is 15.2. The molecule has 0 heterocycles.